The molecule has 0 heterocycles. The Morgan fingerprint density at radius 3 is 1.23 bits per heavy atom. The first kappa shape index (κ1) is 9.88. The summed E-state index contributed by atoms with van der Waals surface area (Å²) in [6.45, 7) is 0.376. The van der Waals surface area contributed by atoms with Crippen molar-refractivity contribution in [1.29, 1.82) is 0 Å². The molecule has 1 rings (SSSR count). The summed E-state index contributed by atoms with van der Waals surface area (Å²) in [4.78, 5) is 0. The summed E-state index contributed by atoms with van der Waals surface area (Å²) < 4.78 is 73.0. The van der Waals surface area contributed by atoms with Crippen molar-refractivity contribution >= 4 is 0 Å². The topological polar surface area (TPSA) is 0 Å². The van der Waals surface area contributed by atoms with Gasteiger partial charge in [-0.1, -0.05) is 0 Å². The summed E-state index contributed by atoms with van der Waals surface area (Å²) in [7, 11) is 0. The van der Waals surface area contributed by atoms with Gasteiger partial charge in [-0.15, -0.1) is 0 Å². The number of hydrogen-bond acceptors (Lipinski definition) is 0. The van der Waals surface area contributed by atoms with Gasteiger partial charge in [0.15, 0.2) is 23.3 Å². The third kappa shape index (κ3) is 1.36. The van der Waals surface area contributed by atoms with E-state index < -0.39 is 34.6 Å². The first-order chi connectivity index (χ1) is 6.00. The lowest BCUT2D eigenvalue weighted by atomic mass is 10.2. The SMILES string of the molecule is F[C]c1c(F)c(F)c(F)c(F)c1F. The average Bonchev–Trinajstić information content (AvgIpc) is 2.13. The quantitative estimate of drug-likeness (QED) is 0.369. The Morgan fingerprint density at radius 1 is 0.615 bits per heavy atom. The van der Waals surface area contributed by atoms with Gasteiger partial charge >= 0.3 is 0 Å². The van der Waals surface area contributed by atoms with Gasteiger partial charge in [-0.2, -0.15) is 0 Å². The van der Waals surface area contributed by atoms with Gasteiger partial charge in [0.05, 0.1) is 5.56 Å². The maximum Gasteiger partial charge on any atom is 0.225 e. The molecular formula is C7F6. The lowest BCUT2D eigenvalue weighted by molar-refractivity contribution is 0.369. The van der Waals surface area contributed by atoms with E-state index in [9.17, 15) is 26.3 Å². The summed E-state index contributed by atoms with van der Waals surface area (Å²) in [6, 6.07) is 0. The molecule has 1 aromatic rings. The van der Waals surface area contributed by atoms with Crippen LogP contribution < -0.4 is 0 Å². The van der Waals surface area contributed by atoms with Gasteiger partial charge in [0, 0.05) is 0 Å². The largest absolute Gasteiger partial charge is 0.230 e. The van der Waals surface area contributed by atoms with Crippen molar-refractivity contribution in [2.24, 2.45) is 0 Å². The Kier molecular flexibility index (Phi) is 2.49. The van der Waals surface area contributed by atoms with Gasteiger partial charge in [0.25, 0.3) is 0 Å². The molecule has 1 aromatic carbocycles. The minimum atomic E-state index is -2.33. The molecule has 0 aliphatic rings. The van der Waals surface area contributed by atoms with Gasteiger partial charge in [0.2, 0.25) is 12.5 Å². The second-order valence-corrected chi connectivity index (χ2v) is 2.04. The summed E-state index contributed by atoms with van der Waals surface area (Å²) in [6.07, 6.45) is 0. The molecule has 0 bridgehead atoms. The summed E-state index contributed by atoms with van der Waals surface area (Å²) in [5.74, 6) is -11.2. The van der Waals surface area contributed by atoms with Crippen LogP contribution >= 0.6 is 0 Å². The number of halogens is 6. The third-order valence-electron chi connectivity index (χ3n) is 1.30. The van der Waals surface area contributed by atoms with Crippen molar-refractivity contribution in [3.63, 3.8) is 0 Å². The second kappa shape index (κ2) is 3.27. The van der Waals surface area contributed by atoms with E-state index in [1.807, 2.05) is 0 Å². The van der Waals surface area contributed by atoms with Crippen LogP contribution in [0.2, 0.25) is 0 Å². The van der Waals surface area contributed by atoms with E-state index in [-0.39, 0.29) is 0 Å². The number of benzene rings is 1. The first-order valence-corrected chi connectivity index (χ1v) is 2.88. The lowest BCUT2D eigenvalue weighted by Gasteiger charge is -2.02. The lowest BCUT2D eigenvalue weighted by Crippen LogP contribution is -2.04. The van der Waals surface area contributed by atoms with Gasteiger partial charge in [-0.05, 0) is 0 Å². The van der Waals surface area contributed by atoms with Crippen LogP contribution in [0, 0.1) is 35.8 Å². The van der Waals surface area contributed by atoms with E-state index in [1.165, 1.54) is 0 Å². The second-order valence-electron chi connectivity index (χ2n) is 2.04. The molecule has 2 radical (unpaired) electrons. The molecule has 6 heteroatoms. The molecule has 0 aromatic heterocycles. The van der Waals surface area contributed by atoms with Crippen molar-refractivity contribution in [1.82, 2.24) is 0 Å². The number of rotatable bonds is 1. The molecule has 0 aliphatic heterocycles. The van der Waals surface area contributed by atoms with E-state index in [0.717, 1.165) is 0 Å². The molecule has 0 N–H and O–H groups in total. The van der Waals surface area contributed by atoms with Gasteiger partial charge in [-0.3, -0.25) is 0 Å². The van der Waals surface area contributed by atoms with E-state index in [2.05, 4.69) is 0 Å². The van der Waals surface area contributed by atoms with Crippen molar-refractivity contribution in [3.05, 3.63) is 41.3 Å². The predicted molar refractivity (Wildman–Crippen MR) is 29.7 cm³/mol. The minimum absolute atomic E-state index is 0.376. The van der Waals surface area contributed by atoms with Crippen LogP contribution in [0.4, 0.5) is 26.3 Å². The zero-order valence-corrected chi connectivity index (χ0v) is 5.77. The predicted octanol–water partition coefficient (Wildman–Crippen LogP) is 2.74. The van der Waals surface area contributed by atoms with E-state index in [4.69, 9.17) is 0 Å². The Hall–Kier alpha value is -1.20. The molecule has 0 saturated heterocycles. The zero-order valence-electron chi connectivity index (χ0n) is 5.77. The van der Waals surface area contributed by atoms with Crippen molar-refractivity contribution in [3.8, 4) is 0 Å². The smallest absolute Gasteiger partial charge is 0.225 e. The van der Waals surface area contributed by atoms with Gasteiger partial charge in [0.1, 0.15) is 0 Å². The summed E-state index contributed by atoms with van der Waals surface area (Å²) in [5, 5.41) is 0. The fourth-order valence-electron chi connectivity index (χ4n) is 0.688. The van der Waals surface area contributed by atoms with Crippen LogP contribution in [-0.2, 0) is 0 Å². The molecule has 13 heavy (non-hydrogen) atoms. The molecule has 0 atom stereocenters. The summed E-state index contributed by atoms with van der Waals surface area (Å²) >= 11 is 0. The molecule has 0 spiro atoms. The van der Waals surface area contributed by atoms with E-state index in [1.54, 1.807) is 0 Å². The standard InChI is InChI=1S/C7F6/c8-1-2-3(9)5(11)7(13)6(12)4(2)10. The highest BCUT2D eigenvalue weighted by atomic mass is 19.2. The molecule has 70 valence electrons. The van der Waals surface area contributed by atoms with Crippen molar-refractivity contribution in [2.75, 3.05) is 0 Å². The molecule has 0 aliphatic carbocycles. The Labute approximate surface area is 68.8 Å². The van der Waals surface area contributed by atoms with Gasteiger partial charge in [-0.25, -0.2) is 26.3 Å². The fraction of sp³-hybridized carbons (Fsp3) is 0. The monoisotopic (exact) mass is 198 g/mol. The van der Waals surface area contributed by atoms with Crippen LogP contribution in [-0.4, -0.2) is 0 Å². The number of hydrogen-bond donors (Lipinski definition) is 0. The fourth-order valence-corrected chi connectivity index (χ4v) is 0.688. The molecule has 0 amide bonds. The molecule has 0 unspecified atom stereocenters. The van der Waals surface area contributed by atoms with Crippen LogP contribution in [0.3, 0.4) is 0 Å². The van der Waals surface area contributed by atoms with Crippen LogP contribution in [0.25, 0.3) is 0 Å². The minimum Gasteiger partial charge on any atom is -0.230 e. The van der Waals surface area contributed by atoms with Gasteiger partial charge < -0.3 is 0 Å². The highest BCUT2D eigenvalue weighted by Crippen LogP contribution is 2.23. The molecule has 0 nitrogen and oxygen atoms in total. The maximum atomic E-state index is 12.4. The zero-order chi connectivity index (χ0) is 10.2. The highest BCUT2D eigenvalue weighted by Gasteiger charge is 2.25. The Balaban J connectivity index is 3.56. The molecule has 0 saturated carbocycles. The molecule has 0 fully saturated rings. The van der Waals surface area contributed by atoms with Crippen LogP contribution in [0.1, 0.15) is 5.56 Å². The highest BCUT2D eigenvalue weighted by molar-refractivity contribution is 5.27. The maximum absolute atomic E-state index is 12.4. The normalized spacial score (nSPS) is 10.6. The molecular weight excluding hydrogens is 198 g/mol. The van der Waals surface area contributed by atoms with E-state index in [0.29, 0.717) is 6.67 Å². The van der Waals surface area contributed by atoms with Crippen molar-refractivity contribution < 1.29 is 26.3 Å². The first-order valence-electron chi connectivity index (χ1n) is 2.88. The van der Waals surface area contributed by atoms with Crippen LogP contribution in [0.15, 0.2) is 0 Å². The Bertz CT molecular complexity index is 316. The van der Waals surface area contributed by atoms with Crippen molar-refractivity contribution in [2.45, 2.75) is 0 Å². The van der Waals surface area contributed by atoms with Crippen LogP contribution in [0.5, 0.6) is 0 Å². The summed E-state index contributed by atoms with van der Waals surface area (Å²) in [5.41, 5.74) is -1.70. The van der Waals surface area contributed by atoms with E-state index >= 15 is 0 Å². The average molecular weight is 198 g/mol. The third-order valence-corrected chi connectivity index (χ3v) is 1.30. The Morgan fingerprint density at radius 2 is 0.923 bits per heavy atom.